The predicted octanol–water partition coefficient (Wildman–Crippen LogP) is 3.44. The van der Waals surface area contributed by atoms with Crippen LogP contribution in [0.3, 0.4) is 0 Å². The quantitative estimate of drug-likeness (QED) is 0.790. The van der Waals surface area contributed by atoms with Gasteiger partial charge in [0, 0.05) is 41.3 Å². The van der Waals surface area contributed by atoms with Gasteiger partial charge in [-0.2, -0.15) is 0 Å². The van der Waals surface area contributed by atoms with Crippen molar-refractivity contribution in [3.63, 3.8) is 0 Å². The topological polar surface area (TPSA) is 48.5 Å². The van der Waals surface area contributed by atoms with Crippen molar-refractivity contribution in [3.05, 3.63) is 52.0 Å². The van der Waals surface area contributed by atoms with Gasteiger partial charge in [-0.15, -0.1) is 11.3 Å². The molecule has 2 saturated heterocycles. The minimum atomic E-state index is 0.137. The highest BCUT2D eigenvalue weighted by Gasteiger charge is 2.31. The molecule has 2 aliphatic heterocycles. The zero-order valence-corrected chi connectivity index (χ0v) is 18.2. The Morgan fingerprint density at radius 3 is 2.79 bits per heavy atom. The number of nitrogens with zero attached hydrogens (tertiary/aromatic N) is 3. The van der Waals surface area contributed by atoms with Gasteiger partial charge in [0.1, 0.15) is 0 Å². The highest BCUT2D eigenvalue weighted by atomic mass is 32.1. The third kappa shape index (κ3) is 5.65. The molecule has 156 valence electrons. The number of carbonyl (C=O) groups excluding carboxylic acids is 1. The van der Waals surface area contributed by atoms with E-state index in [1.165, 1.54) is 28.2 Å². The maximum absolute atomic E-state index is 12.7. The van der Waals surface area contributed by atoms with Gasteiger partial charge in [0.15, 0.2) is 0 Å². The number of hydrogen-bond donors (Lipinski definition) is 1. The lowest BCUT2D eigenvalue weighted by molar-refractivity contribution is -0.127. The monoisotopic (exact) mass is 412 g/mol. The summed E-state index contributed by atoms with van der Waals surface area (Å²) in [6.45, 7) is 8.09. The van der Waals surface area contributed by atoms with Crippen molar-refractivity contribution in [1.29, 1.82) is 0 Å². The fourth-order valence-corrected chi connectivity index (χ4v) is 5.47. The number of carbonyl (C=O) groups is 1. The first kappa shape index (κ1) is 20.5. The minimum absolute atomic E-state index is 0.137. The zero-order valence-electron chi connectivity index (χ0n) is 17.3. The molecule has 6 heteroatoms. The summed E-state index contributed by atoms with van der Waals surface area (Å²) in [5.74, 6) is 0.369. The van der Waals surface area contributed by atoms with Gasteiger partial charge in [-0.3, -0.25) is 19.6 Å². The van der Waals surface area contributed by atoms with Gasteiger partial charge in [-0.05, 0) is 76.0 Å². The van der Waals surface area contributed by atoms with Crippen molar-refractivity contribution in [2.75, 3.05) is 26.2 Å². The van der Waals surface area contributed by atoms with E-state index in [2.05, 4.69) is 45.2 Å². The van der Waals surface area contributed by atoms with Crippen LogP contribution in [0.15, 0.2) is 36.7 Å². The van der Waals surface area contributed by atoms with Crippen LogP contribution in [-0.2, 0) is 17.9 Å². The average Bonchev–Trinajstić information content (AvgIpc) is 3.18. The lowest BCUT2D eigenvalue weighted by atomic mass is 9.93. The number of aryl methyl sites for hydroxylation is 1. The minimum Gasteiger partial charge on any atom is -0.351 e. The van der Waals surface area contributed by atoms with Crippen LogP contribution in [0, 0.1) is 12.8 Å². The molecular formula is C23H32N4OS. The molecule has 0 bridgehead atoms. The van der Waals surface area contributed by atoms with Gasteiger partial charge < -0.3 is 5.32 Å². The number of aromatic nitrogens is 1. The third-order valence-electron chi connectivity index (χ3n) is 6.26. The van der Waals surface area contributed by atoms with E-state index in [0.29, 0.717) is 12.6 Å². The molecule has 2 aromatic heterocycles. The lowest BCUT2D eigenvalue weighted by Crippen LogP contribution is -2.50. The molecule has 2 aliphatic rings. The second kappa shape index (κ2) is 9.83. The summed E-state index contributed by atoms with van der Waals surface area (Å²) in [7, 11) is 0. The fraction of sp³-hybridized carbons (Fsp3) is 0.565. The molecule has 5 nitrogen and oxygen atoms in total. The van der Waals surface area contributed by atoms with Gasteiger partial charge in [0.2, 0.25) is 5.91 Å². The Kier molecular flexibility index (Phi) is 6.95. The Balaban J connectivity index is 1.23. The zero-order chi connectivity index (χ0) is 20.1. The highest BCUT2D eigenvalue weighted by Crippen LogP contribution is 2.25. The van der Waals surface area contributed by atoms with Crippen LogP contribution in [0.5, 0.6) is 0 Å². The molecule has 4 heterocycles. The maximum atomic E-state index is 12.7. The molecule has 2 fully saturated rings. The molecule has 1 N–H and O–H groups in total. The molecule has 0 spiro atoms. The summed E-state index contributed by atoms with van der Waals surface area (Å²) in [6, 6.07) is 9.03. The third-order valence-corrected chi connectivity index (χ3v) is 7.26. The van der Waals surface area contributed by atoms with Gasteiger partial charge in [-0.25, -0.2) is 0 Å². The molecule has 0 radical (unpaired) electrons. The summed E-state index contributed by atoms with van der Waals surface area (Å²) < 4.78 is 0. The van der Waals surface area contributed by atoms with Crippen LogP contribution >= 0.6 is 11.3 Å². The molecule has 2 aromatic rings. The van der Waals surface area contributed by atoms with E-state index in [9.17, 15) is 4.79 Å². The first-order chi connectivity index (χ1) is 14.2. The Hall–Kier alpha value is -1.76. The molecule has 1 amide bonds. The molecular weight excluding hydrogens is 380 g/mol. The summed E-state index contributed by atoms with van der Waals surface area (Å²) in [6.07, 6.45) is 8.35. The van der Waals surface area contributed by atoms with Crippen LogP contribution in [0.1, 0.15) is 41.0 Å². The van der Waals surface area contributed by atoms with Crippen molar-refractivity contribution < 1.29 is 4.79 Å². The Labute approximate surface area is 178 Å². The highest BCUT2D eigenvalue weighted by molar-refractivity contribution is 7.11. The normalized spacial score (nSPS) is 21.9. The lowest BCUT2D eigenvalue weighted by Gasteiger charge is -2.42. The number of pyridine rings is 1. The number of rotatable bonds is 6. The second-order valence-electron chi connectivity index (χ2n) is 8.43. The molecule has 1 atom stereocenters. The van der Waals surface area contributed by atoms with Gasteiger partial charge >= 0.3 is 0 Å². The first-order valence-corrected chi connectivity index (χ1v) is 11.7. The number of likely N-dealkylation sites (tertiary alicyclic amines) is 2. The van der Waals surface area contributed by atoms with Crippen LogP contribution in [0.2, 0.25) is 0 Å². The molecule has 0 aliphatic carbocycles. The number of amides is 1. The van der Waals surface area contributed by atoms with Gasteiger partial charge in [-0.1, -0.05) is 6.07 Å². The number of hydrogen-bond acceptors (Lipinski definition) is 5. The Morgan fingerprint density at radius 2 is 2.07 bits per heavy atom. The van der Waals surface area contributed by atoms with Crippen molar-refractivity contribution in [2.45, 2.75) is 51.7 Å². The van der Waals surface area contributed by atoms with Crippen LogP contribution in [0.25, 0.3) is 0 Å². The van der Waals surface area contributed by atoms with Crippen LogP contribution in [0.4, 0.5) is 0 Å². The van der Waals surface area contributed by atoms with Crippen molar-refractivity contribution >= 4 is 17.2 Å². The van der Waals surface area contributed by atoms with Crippen LogP contribution in [-0.4, -0.2) is 52.9 Å². The number of thiophene rings is 1. The summed E-state index contributed by atoms with van der Waals surface area (Å²) in [4.78, 5) is 24.6. The average molecular weight is 413 g/mol. The predicted molar refractivity (Wildman–Crippen MR) is 118 cm³/mol. The van der Waals surface area contributed by atoms with E-state index in [1.807, 2.05) is 18.5 Å². The molecule has 4 rings (SSSR count). The first-order valence-electron chi connectivity index (χ1n) is 10.9. The number of piperidine rings is 2. The largest absolute Gasteiger partial charge is 0.351 e. The molecule has 29 heavy (non-hydrogen) atoms. The van der Waals surface area contributed by atoms with E-state index in [4.69, 9.17) is 0 Å². The van der Waals surface area contributed by atoms with E-state index >= 15 is 0 Å². The van der Waals surface area contributed by atoms with E-state index < -0.39 is 0 Å². The van der Waals surface area contributed by atoms with Gasteiger partial charge in [0.05, 0.1) is 12.5 Å². The van der Waals surface area contributed by atoms with Crippen molar-refractivity contribution in [1.82, 2.24) is 20.1 Å². The summed E-state index contributed by atoms with van der Waals surface area (Å²) >= 11 is 1.77. The van der Waals surface area contributed by atoms with Crippen molar-refractivity contribution in [3.8, 4) is 0 Å². The SMILES string of the molecule is Cc1ccc(CNC(=O)[C@@H]2CCCN(C3CCN(Cc4cccnc4)CC3)C2)s1. The second-order valence-corrected chi connectivity index (χ2v) is 9.81. The summed E-state index contributed by atoms with van der Waals surface area (Å²) in [5.41, 5.74) is 1.29. The maximum Gasteiger partial charge on any atom is 0.224 e. The Bertz CT molecular complexity index is 785. The van der Waals surface area contributed by atoms with E-state index in [0.717, 1.165) is 45.6 Å². The standard InChI is InChI=1S/C23H32N4OS/c1-18-6-7-22(29-18)15-25-23(28)20-5-3-11-27(17-20)21-8-12-26(13-9-21)16-19-4-2-10-24-14-19/h2,4,6-7,10,14,20-21H,3,5,8-9,11-13,15-17H2,1H3,(H,25,28)/t20-/m1/s1. The van der Waals surface area contributed by atoms with Crippen molar-refractivity contribution in [2.24, 2.45) is 5.92 Å². The van der Waals surface area contributed by atoms with E-state index in [-0.39, 0.29) is 11.8 Å². The van der Waals surface area contributed by atoms with Gasteiger partial charge in [0.25, 0.3) is 0 Å². The Morgan fingerprint density at radius 1 is 1.21 bits per heavy atom. The molecule has 0 saturated carbocycles. The van der Waals surface area contributed by atoms with E-state index in [1.54, 1.807) is 11.3 Å². The fourth-order valence-electron chi connectivity index (χ4n) is 4.64. The summed E-state index contributed by atoms with van der Waals surface area (Å²) in [5, 5.41) is 3.17. The smallest absolute Gasteiger partial charge is 0.224 e. The van der Waals surface area contributed by atoms with Crippen LogP contribution < -0.4 is 5.32 Å². The molecule has 0 unspecified atom stereocenters. The number of nitrogens with one attached hydrogen (secondary N) is 1. The molecule has 0 aromatic carbocycles.